The second-order valence-electron chi connectivity index (χ2n) is 21.1. The van der Waals surface area contributed by atoms with Crippen molar-refractivity contribution in [3.05, 3.63) is 106 Å². The molecule has 2 atom stereocenters. The van der Waals surface area contributed by atoms with Gasteiger partial charge in [-0.1, -0.05) is 44.5 Å². The van der Waals surface area contributed by atoms with E-state index in [0.717, 1.165) is 75.2 Å². The number of nitro groups is 1. The molecule has 0 radical (unpaired) electrons. The minimum absolute atomic E-state index is 0.0325. The number of rotatable bonds is 15. The summed E-state index contributed by atoms with van der Waals surface area (Å²) >= 11 is 0. The summed E-state index contributed by atoms with van der Waals surface area (Å²) in [4.78, 5) is 42.5. The first kappa shape index (κ1) is 47.1. The highest BCUT2D eigenvalue weighted by Crippen LogP contribution is 2.49. The van der Waals surface area contributed by atoms with Crippen LogP contribution in [0.3, 0.4) is 0 Å². The van der Waals surface area contributed by atoms with Crippen molar-refractivity contribution >= 4 is 44.2 Å². The van der Waals surface area contributed by atoms with E-state index in [1.165, 1.54) is 30.4 Å². The molecule has 69 heavy (non-hydrogen) atoms. The topological polar surface area (TPSA) is 205 Å². The van der Waals surface area contributed by atoms with Crippen molar-refractivity contribution in [2.45, 2.75) is 113 Å². The fourth-order valence-corrected chi connectivity index (χ4v) is 12.5. The van der Waals surface area contributed by atoms with Crippen LogP contribution in [0, 0.1) is 27.4 Å². The number of anilines is 2. The van der Waals surface area contributed by atoms with Gasteiger partial charge in [-0.15, -0.1) is 0 Å². The number of benzene rings is 2. The number of ether oxygens (including phenoxy) is 2. The molecule has 1 amide bonds. The quantitative estimate of drug-likeness (QED) is 0.0573. The number of nitrogens with one attached hydrogen (secondary N) is 3. The van der Waals surface area contributed by atoms with E-state index >= 15 is 0 Å². The van der Waals surface area contributed by atoms with Crippen molar-refractivity contribution in [2.75, 3.05) is 56.2 Å². The molecular formula is C52H64N8O8S. The smallest absolute Gasteiger partial charge is 0.312 e. The Balaban J connectivity index is 0.874. The first-order valence-corrected chi connectivity index (χ1v) is 26.2. The van der Waals surface area contributed by atoms with E-state index in [-0.39, 0.29) is 34.4 Å². The number of H-pyrrole nitrogens is 1. The van der Waals surface area contributed by atoms with Crippen LogP contribution in [-0.4, -0.2) is 102 Å². The number of carbonyl (C=O) groups excluding carboxylic acids is 1. The van der Waals surface area contributed by atoms with Crippen molar-refractivity contribution in [3.8, 4) is 11.5 Å². The molecule has 0 bridgehead atoms. The van der Waals surface area contributed by atoms with Gasteiger partial charge in [0.1, 0.15) is 22.0 Å². The number of likely N-dealkylation sites (tertiary alicyclic amines) is 1. The fraction of sp³-hybridized carbons (Fsp3) is 0.519. The number of amides is 1. The Bertz CT molecular complexity index is 2820. The summed E-state index contributed by atoms with van der Waals surface area (Å²) in [7, 11) is -4.66. The van der Waals surface area contributed by atoms with E-state index in [0.29, 0.717) is 74.0 Å². The first-order chi connectivity index (χ1) is 33.1. The molecule has 0 unspecified atom stereocenters. The van der Waals surface area contributed by atoms with Crippen molar-refractivity contribution in [1.29, 1.82) is 0 Å². The van der Waals surface area contributed by atoms with Crippen LogP contribution >= 0.6 is 0 Å². The predicted molar refractivity (Wildman–Crippen MR) is 264 cm³/mol. The van der Waals surface area contributed by atoms with Crippen LogP contribution in [-0.2, 0) is 21.2 Å². The fourth-order valence-electron chi connectivity index (χ4n) is 11.6. The molecule has 3 saturated heterocycles. The molecule has 6 heterocycles. The van der Waals surface area contributed by atoms with Crippen LogP contribution in [0.25, 0.3) is 11.0 Å². The molecule has 17 heteroatoms. The molecule has 1 spiro atoms. The van der Waals surface area contributed by atoms with Crippen LogP contribution < -0.4 is 19.7 Å². The van der Waals surface area contributed by atoms with E-state index in [1.54, 1.807) is 25.3 Å². The summed E-state index contributed by atoms with van der Waals surface area (Å²) in [5.41, 5.74) is 4.18. The van der Waals surface area contributed by atoms with Crippen molar-refractivity contribution in [1.82, 2.24) is 24.6 Å². The molecule has 366 valence electrons. The highest BCUT2D eigenvalue weighted by molar-refractivity contribution is 7.90. The minimum atomic E-state index is -4.66. The SMILES string of the molecule is CC(C)c1ccccc1[C@H]1CCC[C@H]1N1CC2(CCN(c3ccc(C(=O)NS(=O)(=O)c4cnc(NCC5CCC(C)(O)CC5)c([N+](=O)[O-])c4)c(Oc4cc5cc[nH]c5nc4CC4COC4)c3)CC2)C1. The third kappa shape index (κ3) is 9.92. The summed E-state index contributed by atoms with van der Waals surface area (Å²) in [6.07, 6.45) is 11.9. The molecular weight excluding hydrogens is 897 g/mol. The maximum Gasteiger partial charge on any atom is 0.312 e. The molecule has 3 aromatic heterocycles. The normalized spacial score (nSPS) is 24.0. The van der Waals surface area contributed by atoms with Crippen molar-refractivity contribution in [2.24, 2.45) is 17.3 Å². The zero-order valence-corrected chi connectivity index (χ0v) is 40.6. The van der Waals surface area contributed by atoms with Crippen molar-refractivity contribution < 1.29 is 32.7 Å². The van der Waals surface area contributed by atoms with Gasteiger partial charge in [-0.25, -0.2) is 23.1 Å². The second-order valence-corrected chi connectivity index (χ2v) is 22.8. The molecule has 5 aliphatic rings. The lowest BCUT2D eigenvalue weighted by Gasteiger charge is -2.57. The maximum atomic E-state index is 14.3. The molecule has 5 fully saturated rings. The number of aromatic amines is 1. The van der Waals surface area contributed by atoms with Crippen LogP contribution in [0.4, 0.5) is 17.2 Å². The summed E-state index contributed by atoms with van der Waals surface area (Å²) in [5.74, 6) is 1.02. The molecule has 16 nitrogen and oxygen atoms in total. The highest BCUT2D eigenvalue weighted by Gasteiger charge is 2.49. The van der Waals surface area contributed by atoms with Gasteiger partial charge in [-0.05, 0) is 117 Å². The molecule has 2 saturated carbocycles. The summed E-state index contributed by atoms with van der Waals surface area (Å²) < 4.78 is 42.1. The molecule has 2 aliphatic carbocycles. The monoisotopic (exact) mass is 960 g/mol. The van der Waals surface area contributed by atoms with Gasteiger partial charge >= 0.3 is 5.69 Å². The number of pyridine rings is 2. The number of piperidine rings is 1. The predicted octanol–water partition coefficient (Wildman–Crippen LogP) is 8.68. The second kappa shape index (κ2) is 18.9. The van der Waals surface area contributed by atoms with Gasteiger partial charge < -0.3 is 29.8 Å². The number of hydrogen-bond acceptors (Lipinski definition) is 13. The lowest BCUT2D eigenvalue weighted by Crippen LogP contribution is -2.63. The Kier molecular flexibility index (Phi) is 12.9. The van der Waals surface area contributed by atoms with Gasteiger partial charge in [-0.2, -0.15) is 0 Å². The largest absolute Gasteiger partial charge is 0.455 e. The summed E-state index contributed by atoms with van der Waals surface area (Å²) in [5, 5.41) is 26.4. The first-order valence-electron chi connectivity index (χ1n) is 24.7. The Morgan fingerprint density at radius 3 is 2.49 bits per heavy atom. The average Bonchev–Trinajstić information content (AvgIpc) is 3.98. The van der Waals surface area contributed by atoms with Crippen LogP contribution in [0.5, 0.6) is 11.5 Å². The number of fused-ring (bicyclic) bond motifs is 1. The number of aromatic nitrogens is 3. The number of carbonyl (C=O) groups is 1. The van der Waals surface area contributed by atoms with Crippen molar-refractivity contribution in [3.63, 3.8) is 0 Å². The number of hydrogen-bond donors (Lipinski definition) is 4. The van der Waals surface area contributed by atoms with Gasteiger partial charge in [0.2, 0.25) is 5.82 Å². The third-order valence-corrected chi connectivity index (χ3v) is 17.0. The van der Waals surface area contributed by atoms with Crippen LogP contribution in [0.1, 0.15) is 118 Å². The Morgan fingerprint density at radius 2 is 1.77 bits per heavy atom. The molecule has 5 aromatic rings. The van der Waals surface area contributed by atoms with Gasteiger partial charge in [0.25, 0.3) is 15.9 Å². The van der Waals surface area contributed by atoms with Gasteiger partial charge in [0.15, 0.2) is 0 Å². The zero-order chi connectivity index (χ0) is 48.1. The molecule has 4 N–H and O–H groups in total. The third-order valence-electron chi connectivity index (χ3n) is 15.7. The number of sulfonamides is 1. The molecule has 10 rings (SSSR count). The maximum absolute atomic E-state index is 14.3. The number of nitrogens with zero attached hydrogens (tertiary/aromatic N) is 5. The van der Waals surface area contributed by atoms with E-state index in [2.05, 4.69) is 67.9 Å². The summed E-state index contributed by atoms with van der Waals surface area (Å²) in [6.45, 7) is 11.8. The molecule has 2 aromatic carbocycles. The minimum Gasteiger partial charge on any atom is -0.455 e. The standard InChI is InChI=1S/C52H64N8O8S/c1-33(2)39-7-4-5-8-40(39)41-9-6-10-44(41)59-31-52(32-59)18-21-58(22-19-52)37-11-12-42(46(25-37)68-47-24-36-15-20-53-48(36)56-43(47)23-35-29-67-30-35)50(61)57-69(65,66)38-26-45(60(63)64)49(55-28-38)54-27-34-13-16-51(3,62)17-14-34/h4-5,7-8,11-12,15,20,24-26,28,33-35,41,44,62H,6,9-10,13-14,16-19,21-23,27,29-32H2,1-3H3,(H,53,56)(H,54,55)(H,57,61)/t34?,41-,44-,51?/m1/s1. The summed E-state index contributed by atoms with van der Waals surface area (Å²) in [6, 6.07) is 19.5. The zero-order valence-electron chi connectivity index (χ0n) is 39.8. The number of aliphatic hydroxyl groups is 1. The lowest BCUT2D eigenvalue weighted by molar-refractivity contribution is -0.384. The van der Waals surface area contributed by atoms with Gasteiger partial charge in [0, 0.05) is 80.5 Å². The Hall–Kier alpha value is -5.62. The average molecular weight is 961 g/mol. The van der Waals surface area contributed by atoms with Gasteiger partial charge in [0.05, 0.1) is 41.2 Å². The van der Waals surface area contributed by atoms with E-state index < -0.39 is 37.0 Å². The van der Waals surface area contributed by atoms with Gasteiger partial charge in [-0.3, -0.25) is 19.8 Å². The van der Waals surface area contributed by atoms with E-state index in [9.17, 15) is 28.4 Å². The Morgan fingerprint density at radius 1 is 1.00 bits per heavy atom. The lowest BCUT2D eigenvalue weighted by atomic mass is 9.70. The van der Waals surface area contributed by atoms with E-state index in [1.807, 2.05) is 18.2 Å². The van der Waals surface area contributed by atoms with Crippen LogP contribution in [0.2, 0.25) is 0 Å². The van der Waals surface area contributed by atoms with Crippen LogP contribution in [0.15, 0.2) is 78.0 Å². The molecule has 3 aliphatic heterocycles. The Labute approximate surface area is 403 Å². The van der Waals surface area contributed by atoms with E-state index in [4.69, 9.17) is 14.5 Å². The highest BCUT2D eigenvalue weighted by atomic mass is 32.2.